The minimum absolute atomic E-state index is 0.000321. The number of carbonyl (C=O) groups is 1. The van der Waals surface area contributed by atoms with Crippen LogP contribution < -0.4 is 5.32 Å². The zero-order valence-corrected chi connectivity index (χ0v) is 15.4. The Morgan fingerprint density at radius 2 is 2.20 bits per heavy atom. The van der Waals surface area contributed by atoms with E-state index in [0.717, 1.165) is 22.2 Å². The van der Waals surface area contributed by atoms with E-state index in [1.807, 2.05) is 18.2 Å². The Morgan fingerprint density at radius 3 is 2.92 bits per heavy atom. The fraction of sp³-hybridized carbons (Fsp3) is 0.389. The van der Waals surface area contributed by atoms with E-state index in [9.17, 15) is 9.90 Å². The lowest BCUT2D eigenvalue weighted by atomic mass is 10.0. The molecule has 0 bridgehead atoms. The van der Waals surface area contributed by atoms with Crippen LogP contribution in [-0.2, 0) is 4.79 Å². The molecule has 1 aromatic carbocycles. The van der Waals surface area contributed by atoms with Crippen LogP contribution in [0.25, 0.3) is 16.3 Å². The summed E-state index contributed by atoms with van der Waals surface area (Å²) in [4.78, 5) is 22.6. The molecule has 3 rings (SSSR count). The predicted octanol–water partition coefficient (Wildman–Crippen LogP) is 2.46. The molecule has 0 saturated heterocycles. The number of aliphatic imine (C=N–C) groups is 1. The van der Waals surface area contributed by atoms with Crippen molar-refractivity contribution in [2.24, 2.45) is 10.9 Å². The van der Waals surface area contributed by atoms with Gasteiger partial charge >= 0.3 is 0 Å². The molecule has 1 aliphatic rings. The van der Waals surface area contributed by atoms with Crippen molar-refractivity contribution in [3.63, 3.8) is 0 Å². The fourth-order valence-corrected chi connectivity index (χ4v) is 3.50. The summed E-state index contributed by atoms with van der Waals surface area (Å²) in [5.41, 5.74) is 4.06. The maximum absolute atomic E-state index is 12.5. The third-order valence-electron chi connectivity index (χ3n) is 4.04. The highest BCUT2D eigenvalue weighted by atomic mass is 32.1. The molecule has 1 amide bonds. The highest BCUT2D eigenvalue weighted by Gasteiger charge is 2.28. The highest BCUT2D eigenvalue weighted by molar-refractivity contribution is 7.16. The standard InChI is InChI=1S/C18H22N4O2S/c1-11(2)6-13(9-23)20-18-21-15(17(24)22(18)3)7-12-4-5-14-16(8-12)25-10-19-14/h4-5,7-8,10-11,13,23H,6,9H2,1-3H3,(H,20,21)/b15-7-/t13-/m1/s1. The second kappa shape index (κ2) is 7.33. The number of aliphatic hydroxyl groups excluding tert-OH is 1. The SMILES string of the molecule is CC(C)C[C@H](CO)NC1=N/C(=C\c2ccc3ncsc3c2)C(=O)N1C. The number of benzene rings is 1. The summed E-state index contributed by atoms with van der Waals surface area (Å²) in [6, 6.07) is 5.75. The summed E-state index contributed by atoms with van der Waals surface area (Å²) in [7, 11) is 1.69. The van der Waals surface area contributed by atoms with Gasteiger partial charge in [-0.25, -0.2) is 9.98 Å². The Kier molecular flexibility index (Phi) is 5.15. The van der Waals surface area contributed by atoms with Crippen LogP contribution in [0, 0.1) is 5.92 Å². The predicted molar refractivity (Wildman–Crippen MR) is 101 cm³/mol. The summed E-state index contributed by atoms with van der Waals surface area (Å²) >= 11 is 1.57. The Hall–Kier alpha value is -2.25. The number of nitrogens with zero attached hydrogens (tertiary/aromatic N) is 3. The smallest absolute Gasteiger partial charge is 0.279 e. The van der Waals surface area contributed by atoms with E-state index in [4.69, 9.17) is 0 Å². The number of carbonyl (C=O) groups excluding carboxylic acids is 1. The van der Waals surface area contributed by atoms with Crippen molar-refractivity contribution in [3.05, 3.63) is 35.0 Å². The molecular weight excluding hydrogens is 336 g/mol. The average Bonchev–Trinajstić information content (AvgIpc) is 3.14. The Balaban J connectivity index is 1.83. The number of thiazole rings is 1. The average molecular weight is 358 g/mol. The molecule has 1 aliphatic heterocycles. The molecule has 0 spiro atoms. The number of rotatable bonds is 5. The molecule has 0 aliphatic carbocycles. The van der Waals surface area contributed by atoms with Crippen LogP contribution in [0.1, 0.15) is 25.8 Å². The number of hydrogen-bond donors (Lipinski definition) is 2. The van der Waals surface area contributed by atoms with Gasteiger partial charge in [-0.1, -0.05) is 19.9 Å². The van der Waals surface area contributed by atoms with Gasteiger partial charge in [0.2, 0.25) is 5.96 Å². The lowest BCUT2D eigenvalue weighted by molar-refractivity contribution is -0.121. The van der Waals surface area contributed by atoms with Gasteiger partial charge in [0.1, 0.15) is 5.70 Å². The van der Waals surface area contributed by atoms with Gasteiger partial charge in [-0.05, 0) is 36.1 Å². The molecule has 0 unspecified atom stereocenters. The Labute approximate surface area is 150 Å². The molecule has 2 N–H and O–H groups in total. The molecule has 2 aromatic rings. The van der Waals surface area contributed by atoms with Crippen molar-refractivity contribution >= 4 is 39.5 Å². The van der Waals surface area contributed by atoms with Crippen molar-refractivity contribution in [2.45, 2.75) is 26.3 Å². The molecule has 1 atom stereocenters. The Morgan fingerprint density at radius 1 is 1.40 bits per heavy atom. The summed E-state index contributed by atoms with van der Waals surface area (Å²) < 4.78 is 1.08. The van der Waals surface area contributed by atoms with Gasteiger partial charge in [-0.2, -0.15) is 0 Å². The number of guanidine groups is 1. The number of hydrogen-bond acceptors (Lipinski definition) is 6. The third-order valence-corrected chi connectivity index (χ3v) is 4.83. The zero-order valence-electron chi connectivity index (χ0n) is 14.6. The monoisotopic (exact) mass is 358 g/mol. The van der Waals surface area contributed by atoms with Crippen LogP contribution >= 0.6 is 11.3 Å². The zero-order chi connectivity index (χ0) is 18.0. The van der Waals surface area contributed by atoms with Crippen molar-refractivity contribution in [1.82, 2.24) is 15.2 Å². The maximum Gasteiger partial charge on any atom is 0.279 e. The van der Waals surface area contributed by atoms with Crippen molar-refractivity contribution in [1.29, 1.82) is 0 Å². The normalized spacial score (nSPS) is 17.6. The number of aromatic nitrogens is 1. The number of amides is 1. The molecule has 0 radical (unpaired) electrons. The first-order valence-electron chi connectivity index (χ1n) is 8.27. The number of nitrogens with one attached hydrogen (secondary N) is 1. The molecule has 25 heavy (non-hydrogen) atoms. The van der Waals surface area contributed by atoms with Gasteiger partial charge < -0.3 is 10.4 Å². The maximum atomic E-state index is 12.5. The van der Waals surface area contributed by atoms with Crippen LogP contribution in [0.15, 0.2) is 34.4 Å². The van der Waals surface area contributed by atoms with Gasteiger partial charge in [-0.15, -0.1) is 11.3 Å². The van der Waals surface area contributed by atoms with E-state index in [1.54, 1.807) is 30.0 Å². The van der Waals surface area contributed by atoms with E-state index >= 15 is 0 Å². The van der Waals surface area contributed by atoms with Crippen LogP contribution in [0.5, 0.6) is 0 Å². The first kappa shape index (κ1) is 17.6. The van der Waals surface area contributed by atoms with Crippen LogP contribution in [0.2, 0.25) is 0 Å². The summed E-state index contributed by atoms with van der Waals surface area (Å²) in [5.74, 6) is 0.761. The second-order valence-electron chi connectivity index (χ2n) is 6.56. The molecule has 132 valence electrons. The third kappa shape index (κ3) is 3.88. The topological polar surface area (TPSA) is 77.8 Å². The van der Waals surface area contributed by atoms with Gasteiger partial charge in [0.15, 0.2) is 0 Å². The highest BCUT2D eigenvalue weighted by Crippen LogP contribution is 2.22. The van der Waals surface area contributed by atoms with Crippen LogP contribution in [-0.4, -0.2) is 46.6 Å². The molecule has 2 heterocycles. The van der Waals surface area contributed by atoms with E-state index in [1.165, 1.54) is 4.90 Å². The number of aliphatic hydroxyl groups is 1. The van der Waals surface area contributed by atoms with Gasteiger partial charge in [0.05, 0.1) is 28.4 Å². The van der Waals surface area contributed by atoms with Crippen molar-refractivity contribution in [3.8, 4) is 0 Å². The lowest BCUT2D eigenvalue weighted by Gasteiger charge is -2.21. The largest absolute Gasteiger partial charge is 0.394 e. The number of likely N-dealkylation sites (N-methyl/N-ethyl adjacent to an activating group) is 1. The van der Waals surface area contributed by atoms with Crippen molar-refractivity contribution in [2.75, 3.05) is 13.7 Å². The van der Waals surface area contributed by atoms with Crippen LogP contribution in [0.3, 0.4) is 0 Å². The van der Waals surface area contributed by atoms with Crippen molar-refractivity contribution < 1.29 is 9.90 Å². The van der Waals surface area contributed by atoms with E-state index in [2.05, 4.69) is 29.1 Å². The lowest BCUT2D eigenvalue weighted by Crippen LogP contribution is -2.45. The number of fused-ring (bicyclic) bond motifs is 1. The first-order chi connectivity index (χ1) is 12.0. The second-order valence-corrected chi connectivity index (χ2v) is 7.45. The molecule has 0 fully saturated rings. The fourth-order valence-electron chi connectivity index (χ4n) is 2.78. The molecule has 6 nitrogen and oxygen atoms in total. The van der Waals surface area contributed by atoms with E-state index in [-0.39, 0.29) is 18.6 Å². The van der Waals surface area contributed by atoms with Gasteiger partial charge in [-0.3, -0.25) is 9.69 Å². The molecular formula is C18H22N4O2S. The molecule has 0 saturated carbocycles. The summed E-state index contributed by atoms with van der Waals surface area (Å²) in [6.45, 7) is 4.19. The van der Waals surface area contributed by atoms with E-state index in [0.29, 0.717) is 17.6 Å². The summed E-state index contributed by atoms with van der Waals surface area (Å²) in [6.07, 6.45) is 2.59. The molecule has 7 heteroatoms. The van der Waals surface area contributed by atoms with Gasteiger partial charge in [0, 0.05) is 7.05 Å². The minimum Gasteiger partial charge on any atom is -0.394 e. The summed E-state index contributed by atoms with van der Waals surface area (Å²) in [5, 5.41) is 12.7. The quantitative estimate of drug-likeness (QED) is 0.805. The minimum atomic E-state index is -0.159. The Bertz CT molecular complexity index is 840. The van der Waals surface area contributed by atoms with E-state index < -0.39 is 0 Å². The molecule has 1 aromatic heterocycles. The van der Waals surface area contributed by atoms with Crippen LogP contribution in [0.4, 0.5) is 0 Å². The first-order valence-corrected chi connectivity index (χ1v) is 9.15. The van der Waals surface area contributed by atoms with Gasteiger partial charge in [0.25, 0.3) is 5.91 Å².